The Balaban J connectivity index is 1.36. The minimum Gasteiger partial charge on any atom is -0.457 e. The summed E-state index contributed by atoms with van der Waals surface area (Å²) in [6, 6.07) is 18.4. The maximum absolute atomic E-state index is 12.6. The number of anilines is 1. The van der Waals surface area contributed by atoms with Crippen molar-refractivity contribution in [3.8, 4) is 11.5 Å². The van der Waals surface area contributed by atoms with Crippen molar-refractivity contribution >= 4 is 29.0 Å². The fourth-order valence-corrected chi connectivity index (χ4v) is 4.27. The summed E-state index contributed by atoms with van der Waals surface area (Å²) < 4.78 is 11.3. The lowest BCUT2D eigenvalue weighted by Crippen LogP contribution is -2.27. The van der Waals surface area contributed by atoms with Crippen LogP contribution in [-0.4, -0.2) is 35.7 Å². The lowest BCUT2D eigenvalue weighted by atomic mass is 10.0. The highest BCUT2D eigenvalue weighted by Crippen LogP contribution is 2.33. The van der Waals surface area contributed by atoms with E-state index in [0.29, 0.717) is 17.4 Å². The number of esters is 1. The van der Waals surface area contributed by atoms with E-state index >= 15 is 0 Å². The molecule has 0 radical (unpaired) electrons. The minimum absolute atomic E-state index is 0.0386. The molecule has 0 saturated carbocycles. The van der Waals surface area contributed by atoms with Gasteiger partial charge in [0.1, 0.15) is 11.5 Å². The topological polar surface area (TPSA) is 116 Å². The number of Topliss-reactive ketones (excluding diaryl/α,β-unsaturated/α-hetero) is 1. The van der Waals surface area contributed by atoms with Gasteiger partial charge in [-0.2, -0.15) is 0 Å². The number of ketones is 1. The number of aryl methyl sites for hydroxylation is 1. The van der Waals surface area contributed by atoms with Crippen molar-refractivity contribution in [2.75, 3.05) is 18.1 Å². The van der Waals surface area contributed by atoms with Crippen LogP contribution in [0.25, 0.3) is 0 Å². The molecule has 1 fully saturated rings. The maximum atomic E-state index is 12.6. The molecule has 1 saturated heterocycles. The Hall–Kier alpha value is -4.53. The molecule has 38 heavy (non-hydrogen) atoms. The predicted octanol–water partition coefficient (Wildman–Crippen LogP) is 5.60. The summed E-state index contributed by atoms with van der Waals surface area (Å²) in [5.74, 6) is -0.474. The van der Waals surface area contributed by atoms with Gasteiger partial charge in [-0.3, -0.25) is 24.5 Å². The van der Waals surface area contributed by atoms with Crippen LogP contribution < -0.4 is 9.64 Å². The van der Waals surface area contributed by atoms with Crippen LogP contribution >= 0.6 is 0 Å². The zero-order chi connectivity index (χ0) is 27.4. The van der Waals surface area contributed by atoms with E-state index in [1.807, 2.05) is 13.0 Å². The first-order chi connectivity index (χ1) is 18.1. The average molecular weight is 517 g/mol. The SMILES string of the molecule is Cc1ccc(C(C)C)c(Oc2ccc(N3C[C@@H](C(=O)OCC(=O)c4cccc([N+](=O)[O-])c4)CC3=O)cc2)c1. The zero-order valence-corrected chi connectivity index (χ0v) is 21.4. The first-order valence-corrected chi connectivity index (χ1v) is 12.3. The molecule has 1 heterocycles. The Morgan fingerprint density at radius 2 is 1.82 bits per heavy atom. The van der Waals surface area contributed by atoms with Crippen molar-refractivity contribution in [3.63, 3.8) is 0 Å². The molecule has 9 heteroatoms. The minimum atomic E-state index is -0.725. The van der Waals surface area contributed by atoms with Crippen LogP contribution in [-0.2, 0) is 14.3 Å². The number of nitro benzene ring substituents is 1. The molecule has 1 aliphatic heterocycles. The molecule has 9 nitrogen and oxygen atoms in total. The average Bonchev–Trinajstić information content (AvgIpc) is 3.29. The van der Waals surface area contributed by atoms with Gasteiger partial charge in [-0.15, -0.1) is 0 Å². The third-order valence-corrected chi connectivity index (χ3v) is 6.35. The van der Waals surface area contributed by atoms with Gasteiger partial charge in [0.25, 0.3) is 5.69 Å². The third kappa shape index (κ3) is 6.05. The Kier molecular flexibility index (Phi) is 7.85. The predicted molar refractivity (Wildman–Crippen MR) is 141 cm³/mol. The number of ether oxygens (including phenoxy) is 2. The second kappa shape index (κ2) is 11.2. The molecule has 1 aliphatic rings. The summed E-state index contributed by atoms with van der Waals surface area (Å²) in [7, 11) is 0. The van der Waals surface area contributed by atoms with Gasteiger partial charge in [0.15, 0.2) is 6.61 Å². The number of hydrogen-bond acceptors (Lipinski definition) is 7. The summed E-state index contributed by atoms with van der Waals surface area (Å²) in [4.78, 5) is 49.4. The van der Waals surface area contributed by atoms with Gasteiger partial charge in [0, 0.05) is 36.3 Å². The third-order valence-electron chi connectivity index (χ3n) is 6.35. The van der Waals surface area contributed by atoms with Gasteiger partial charge in [0.05, 0.1) is 10.8 Å². The van der Waals surface area contributed by atoms with Crippen molar-refractivity contribution in [2.45, 2.75) is 33.1 Å². The van der Waals surface area contributed by atoms with Gasteiger partial charge in [-0.25, -0.2) is 0 Å². The van der Waals surface area contributed by atoms with E-state index in [1.165, 1.54) is 23.1 Å². The molecule has 0 aromatic heterocycles. The number of rotatable bonds is 9. The number of carbonyl (C=O) groups excluding carboxylic acids is 3. The molecule has 3 aromatic rings. The number of nitro groups is 1. The molecular weight excluding hydrogens is 488 g/mol. The van der Waals surface area contributed by atoms with E-state index in [4.69, 9.17) is 9.47 Å². The summed E-state index contributed by atoms with van der Waals surface area (Å²) in [6.45, 7) is 5.77. The monoisotopic (exact) mass is 516 g/mol. The Morgan fingerprint density at radius 3 is 2.50 bits per heavy atom. The Morgan fingerprint density at radius 1 is 1.08 bits per heavy atom. The fourth-order valence-electron chi connectivity index (χ4n) is 4.27. The number of nitrogens with zero attached hydrogens (tertiary/aromatic N) is 2. The normalized spacial score (nSPS) is 15.0. The molecule has 0 bridgehead atoms. The fraction of sp³-hybridized carbons (Fsp3) is 0.276. The molecular formula is C29H28N2O7. The standard InChI is InChI=1S/C29H28N2O7/c1-18(2)25-12-7-19(3)13-27(25)38-24-10-8-22(9-11-24)30-16-21(15-28(30)33)29(34)37-17-26(32)20-5-4-6-23(14-20)31(35)36/h4-14,18,21H,15-17H2,1-3H3/t21-/m0/s1. The first kappa shape index (κ1) is 26.5. The largest absolute Gasteiger partial charge is 0.457 e. The smallest absolute Gasteiger partial charge is 0.311 e. The number of non-ortho nitro benzene ring substituents is 1. The van der Waals surface area contributed by atoms with Crippen LogP contribution in [0.4, 0.5) is 11.4 Å². The second-order valence-electron chi connectivity index (χ2n) is 9.54. The molecule has 0 aliphatic carbocycles. The second-order valence-corrected chi connectivity index (χ2v) is 9.54. The van der Waals surface area contributed by atoms with Crippen LogP contribution in [0.1, 0.15) is 47.7 Å². The van der Waals surface area contributed by atoms with Crippen molar-refractivity contribution < 1.29 is 28.8 Å². The van der Waals surface area contributed by atoms with Gasteiger partial charge < -0.3 is 14.4 Å². The number of amides is 1. The van der Waals surface area contributed by atoms with Gasteiger partial charge in [-0.1, -0.05) is 38.1 Å². The molecule has 3 aromatic carbocycles. The lowest BCUT2D eigenvalue weighted by Gasteiger charge is -2.18. The highest BCUT2D eigenvalue weighted by molar-refractivity contribution is 6.01. The van der Waals surface area contributed by atoms with Gasteiger partial charge in [-0.05, 0) is 54.3 Å². The molecule has 4 rings (SSSR count). The molecule has 0 spiro atoms. The number of benzene rings is 3. The van der Waals surface area contributed by atoms with E-state index in [9.17, 15) is 24.5 Å². The van der Waals surface area contributed by atoms with Gasteiger partial charge in [0.2, 0.25) is 11.7 Å². The zero-order valence-electron chi connectivity index (χ0n) is 21.4. The van der Waals surface area contributed by atoms with E-state index in [1.54, 1.807) is 24.3 Å². The van der Waals surface area contributed by atoms with Crippen molar-refractivity contribution in [1.82, 2.24) is 0 Å². The highest BCUT2D eigenvalue weighted by atomic mass is 16.6. The lowest BCUT2D eigenvalue weighted by molar-refractivity contribution is -0.384. The van der Waals surface area contributed by atoms with Crippen LogP contribution in [0.3, 0.4) is 0 Å². The van der Waals surface area contributed by atoms with E-state index in [0.717, 1.165) is 22.9 Å². The molecule has 0 unspecified atom stereocenters. The molecule has 1 amide bonds. The summed E-state index contributed by atoms with van der Waals surface area (Å²) >= 11 is 0. The maximum Gasteiger partial charge on any atom is 0.311 e. The number of hydrogen-bond donors (Lipinski definition) is 0. The molecule has 196 valence electrons. The van der Waals surface area contributed by atoms with Crippen LogP contribution in [0.2, 0.25) is 0 Å². The summed E-state index contributed by atoms with van der Waals surface area (Å²) in [5, 5.41) is 10.9. The van der Waals surface area contributed by atoms with Crippen LogP contribution in [0.15, 0.2) is 66.7 Å². The summed E-state index contributed by atoms with van der Waals surface area (Å²) in [5.41, 5.74) is 2.66. The van der Waals surface area contributed by atoms with E-state index in [-0.39, 0.29) is 30.1 Å². The Bertz CT molecular complexity index is 1380. The van der Waals surface area contributed by atoms with Crippen LogP contribution in [0.5, 0.6) is 11.5 Å². The van der Waals surface area contributed by atoms with Gasteiger partial charge >= 0.3 is 5.97 Å². The van der Waals surface area contributed by atoms with Crippen molar-refractivity contribution in [1.29, 1.82) is 0 Å². The highest BCUT2D eigenvalue weighted by Gasteiger charge is 2.36. The number of carbonyl (C=O) groups is 3. The molecule has 1 atom stereocenters. The van der Waals surface area contributed by atoms with Crippen LogP contribution in [0, 0.1) is 23.0 Å². The van der Waals surface area contributed by atoms with E-state index in [2.05, 4.69) is 26.0 Å². The quantitative estimate of drug-likeness (QED) is 0.157. The van der Waals surface area contributed by atoms with Crippen molar-refractivity contribution in [3.05, 3.63) is 93.5 Å². The van der Waals surface area contributed by atoms with E-state index < -0.39 is 29.2 Å². The Labute approximate surface area is 220 Å². The first-order valence-electron chi connectivity index (χ1n) is 12.3. The van der Waals surface area contributed by atoms with Crippen molar-refractivity contribution in [2.24, 2.45) is 5.92 Å². The molecule has 0 N–H and O–H groups in total. The summed E-state index contributed by atoms with van der Waals surface area (Å²) in [6.07, 6.45) is -0.0386.